The van der Waals surface area contributed by atoms with Crippen LogP contribution in [0.4, 0.5) is 9.80 Å². The Morgan fingerprint density at radius 1 is 1.46 bits per heavy atom. The van der Waals surface area contributed by atoms with Crippen molar-refractivity contribution < 1.29 is 4.79 Å². The first kappa shape index (κ1) is 18.9. The van der Waals surface area contributed by atoms with E-state index in [-0.39, 0.29) is 30.4 Å². The fourth-order valence-electron chi connectivity index (χ4n) is 2.69. The molecule has 0 aliphatic carbocycles. The van der Waals surface area contributed by atoms with Crippen molar-refractivity contribution in [3.8, 4) is 0 Å². The van der Waals surface area contributed by atoms with Gasteiger partial charge in [-0.15, -0.1) is 12.4 Å². The number of urea groups is 1. The Morgan fingerprint density at radius 3 is 2.96 bits per heavy atom. The number of aryl methyl sites for hydroxylation is 1. The van der Waals surface area contributed by atoms with Gasteiger partial charge in [-0.2, -0.15) is 4.37 Å². The van der Waals surface area contributed by atoms with Crippen molar-refractivity contribution in [2.24, 2.45) is 0 Å². The Hall–Kier alpha value is -1.41. The third kappa shape index (κ3) is 4.80. The number of hydrogen-bond acceptors (Lipinski definition) is 5. The lowest BCUT2D eigenvalue weighted by Gasteiger charge is -2.32. The van der Waals surface area contributed by atoms with Crippen LogP contribution in [0, 0.1) is 6.92 Å². The van der Waals surface area contributed by atoms with Crippen molar-refractivity contribution in [1.29, 1.82) is 0 Å². The Kier molecular flexibility index (Phi) is 6.79. The number of nitrogens with one attached hydrogen (secondary N) is 3. The lowest BCUT2D eigenvalue weighted by atomic mass is 9.90. The van der Waals surface area contributed by atoms with Crippen LogP contribution in [-0.4, -0.2) is 34.5 Å². The van der Waals surface area contributed by atoms with Crippen LogP contribution in [0.25, 0.3) is 0 Å². The molecule has 1 saturated heterocycles. The average molecular weight is 388 g/mol. The van der Waals surface area contributed by atoms with Crippen molar-refractivity contribution in [1.82, 2.24) is 20.0 Å². The number of rotatable bonds is 3. The molecule has 0 aromatic carbocycles. The molecule has 2 aromatic rings. The monoisotopic (exact) mass is 387 g/mol. The first-order valence-corrected chi connectivity index (χ1v) is 8.60. The fourth-order valence-corrected chi connectivity index (χ4v) is 3.46. The molecule has 3 N–H and O–H groups in total. The van der Waals surface area contributed by atoms with Crippen molar-refractivity contribution in [3.63, 3.8) is 0 Å². The molecule has 0 unspecified atom stereocenters. The molecule has 130 valence electrons. The third-order valence-corrected chi connectivity index (χ3v) is 4.81. The second-order valence-electron chi connectivity index (χ2n) is 5.54. The summed E-state index contributed by atoms with van der Waals surface area (Å²) in [4.78, 5) is 16.6. The lowest BCUT2D eigenvalue weighted by Crippen LogP contribution is -2.49. The zero-order valence-corrected chi connectivity index (χ0v) is 15.5. The molecule has 0 radical (unpaired) electrons. The lowest BCUT2D eigenvalue weighted by molar-refractivity contribution is 0.241. The third-order valence-electron chi connectivity index (χ3n) is 3.79. The summed E-state index contributed by atoms with van der Waals surface area (Å²) in [6.45, 7) is 3.54. The van der Waals surface area contributed by atoms with Crippen LogP contribution >= 0.6 is 35.5 Å². The molecule has 2 amide bonds. The van der Waals surface area contributed by atoms with Gasteiger partial charge in [-0.3, -0.25) is 10.3 Å². The normalized spacial score (nSPS) is 20.1. The molecule has 24 heavy (non-hydrogen) atoms. The van der Waals surface area contributed by atoms with Crippen LogP contribution in [0.15, 0.2) is 24.4 Å². The van der Waals surface area contributed by atoms with Crippen LogP contribution in [0.3, 0.4) is 0 Å². The molecule has 0 saturated carbocycles. The highest BCUT2D eigenvalue weighted by atomic mass is 35.5. The molecule has 1 aliphatic rings. The van der Waals surface area contributed by atoms with Crippen molar-refractivity contribution in [3.05, 3.63) is 40.8 Å². The molecule has 3 heterocycles. The Bertz CT molecular complexity index is 679. The van der Waals surface area contributed by atoms with Gasteiger partial charge in [-0.05, 0) is 49.6 Å². The molecule has 2 atom stereocenters. The van der Waals surface area contributed by atoms with Gasteiger partial charge < -0.3 is 10.6 Å². The highest BCUT2D eigenvalue weighted by Crippen LogP contribution is 2.23. The van der Waals surface area contributed by atoms with Crippen LogP contribution in [-0.2, 0) is 0 Å². The van der Waals surface area contributed by atoms with Gasteiger partial charge in [-0.1, -0.05) is 11.6 Å². The maximum atomic E-state index is 12.2. The number of pyridine rings is 1. The van der Waals surface area contributed by atoms with Crippen LogP contribution in [0.1, 0.15) is 23.7 Å². The van der Waals surface area contributed by atoms with E-state index in [0.29, 0.717) is 5.02 Å². The van der Waals surface area contributed by atoms with E-state index in [2.05, 4.69) is 25.3 Å². The Balaban J connectivity index is 0.00000208. The van der Waals surface area contributed by atoms with Gasteiger partial charge in [-0.25, -0.2) is 4.79 Å². The minimum Gasteiger partial charge on any atom is -0.334 e. The SMILES string of the molecule is Cc1cc(NC(=O)N[C@@H]2CCNC[C@H]2c2ccc(Cl)cn2)sn1.Cl. The van der Waals surface area contributed by atoms with E-state index in [4.69, 9.17) is 11.6 Å². The fraction of sp³-hybridized carbons (Fsp3) is 0.400. The first-order valence-electron chi connectivity index (χ1n) is 7.45. The zero-order valence-electron chi connectivity index (χ0n) is 13.1. The number of hydrogen-bond donors (Lipinski definition) is 3. The van der Waals surface area contributed by atoms with E-state index in [0.717, 1.165) is 35.9 Å². The molecule has 9 heteroatoms. The predicted octanol–water partition coefficient (Wildman–Crippen LogP) is 3.19. The van der Waals surface area contributed by atoms with Gasteiger partial charge in [0.15, 0.2) is 0 Å². The summed E-state index contributed by atoms with van der Waals surface area (Å²) < 4.78 is 4.15. The van der Waals surface area contributed by atoms with E-state index in [1.165, 1.54) is 11.5 Å². The minimum absolute atomic E-state index is 0. The molecule has 1 fully saturated rings. The number of carbonyl (C=O) groups excluding carboxylic acids is 1. The largest absolute Gasteiger partial charge is 0.334 e. The smallest absolute Gasteiger partial charge is 0.320 e. The maximum Gasteiger partial charge on any atom is 0.320 e. The van der Waals surface area contributed by atoms with Crippen LogP contribution < -0.4 is 16.0 Å². The summed E-state index contributed by atoms with van der Waals surface area (Å²) >= 11 is 7.18. The van der Waals surface area contributed by atoms with Gasteiger partial charge >= 0.3 is 6.03 Å². The minimum atomic E-state index is -0.209. The summed E-state index contributed by atoms with van der Waals surface area (Å²) in [5.41, 5.74) is 1.83. The van der Waals surface area contributed by atoms with E-state index >= 15 is 0 Å². The highest BCUT2D eigenvalue weighted by molar-refractivity contribution is 7.10. The van der Waals surface area contributed by atoms with Gasteiger partial charge in [0.25, 0.3) is 0 Å². The first-order chi connectivity index (χ1) is 11.1. The molecule has 3 rings (SSSR count). The van der Waals surface area contributed by atoms with Gasteiger partial charge in [0.2, 0.25) is 0 Å². The predicted molar refractivity (Wildman–Crippen MR) is 99.5 cm³/mol. The molecule has 2 aromatic heterocycles. The Labute approximate surface area is 156 Å². The molecule has 0 spiro atoms. The molecule has 1 aliphatic heterocycles. The Morgan fingerprint density at radius 2 is 2.29 bits per heavy atom. The molecule has 6 nitrogen and oxygen atoms in total. The second kappa shape index (κ2) is 8.62. The zero-order chi connectivity index (χ0) is 16.2. The number of carbonyl (C=O) groups is 1. The standard InChI is InChI=1S/C15H18ClN5OS.ClH/c1-9-6-14(23-21-9)20-15(22)19-13-4-5-17-8-11(13)12-3-2-10(16)7-18-12;/h2-3,6-7,11,13,17H,4-5,8H2,1H3,(H2,19,20,22);1H/t11-,13+;/m0./s1. The number of halogens is 2. The average Bonchev–Trinajstić information content (AvgIpc) is 2.94. The molecule has 0 bridgehead atoms. The van der Waals surface area contributed by atoms with E-state index in [9.17, 15) is 4.79 Å². The van der Waals surface area contributed by atoms with Gasteiger partial charge in [0, 0.05) is 30.4 Å². The summed E-state index contributed by atoms with van der Waals surface area (Å²) in [6, 6.07) is 5.42. The summed E-state index contributed by atoms with van der Waals surface area (Å²) in [5, 5.41) is 10.6. The van der Waals surface area contributed by atoms with E-state index in [1.807, 2.05) is 25.1 Å². The number of amides is 2. The quantitative estimate of drug-likeness (QED) is 0.755. The van der Waals surface area contributed by atoms with E-state index < -0.39 is 0 Å². The number of nitrogens with zero attached hydrogens (tertiary/aromatic N) is 2. The summed E-state index contributed by atoms with van der Waals surface area (Å²) in [7, 11) is 0. The maximum absolute atomic E-state index is 12.2. The molecular weight excluding hydrogens is 369 g/mol. The topological polar surface area (TPSA) is 78.9 Å². The van der Waals surface area contributed by atoms with Gasteiger partial charge in [0.05, 0.1) is 10.7 Å². The van der Waals surface area contributed by atoms with Crippen LogP contribution in [0.5, 0.6) is 0 Å². The highest BCUT2D eigenvalue weighted by Gasteiger charge is 2.28. The van der Waals surface area contributed by atoms with Crippen molar-refractivity contribution in [2.75, 3.05) is 18.4 Å². The van der Waals surface area contributed by atoms with Crippen molar-refractivity contribution >= 4 is 46.6 Å². The van der Waals surface area contributed by atoms with Crippen molar-refractivity contribution in [2.45, 2.75) is 25.3 Å². The number of piperidine rings is 1. The van der Waals surface area contributed by atoms with E-state index in [1.54, 1.807) is 6.20 Å². The molecular formula is C15H19Cl2N5OS. The number of anilines is 1. The second-order valence-corrected chi connectivity index (χ2v) is 6.78. The van der Waals surface area contributed by atoms with Crippen LogP contribution in [0.2, 0.25) is 5.02 Å². The summed E-state index contributed by atoms with van der Waals surface area (Å²) in [5.74, 6) is 0.120. The number of aromatic nitrogens is 2. The summed E-state index contributed by atoms with van der Waals surface area (Å²) in [6.07, 6.45) is 2.49. The van der Waals surface area contributed by atoms with Gasteiger partial charge in [0.1, 0.15) is 5.00 Å².